The third kappa shape index (κ3) is 6.68. The standard InChI is InChI=1S/C16H26BrNO3/c1-5-7-18-11-12-9-13(17)15(14(10-12)20-4)21-8-6-16(2,3)19/h9-10,18-19H,5-8,11H2,1-4H3. The molecule has 0 aliphatic heterocycles. The lowest BCUT2D eigenvalue weighted by molar-refractivity contribution is 0.0548. The maximum absolute atomic E-state index is 9.72. The van der Waals surface area contributed by atoms with Gasteiger partial charge in [-0.1, -0.05) is 6.92 Å². The fourth-order valence-electron chi connectivity index (χ4n) is 1.83. The van der Waals surface area contributed by atoms with Crippen molar-refractivity contribution in [2.75, 3.05) is 20.3 Å². The van der Waals surface area contributed by atoms with Crippen molar-refractivity contribution in [1.29, 1.82) is 0 Å². The van der Waals surface area contributed by atoms with Crippen LogP contribution in [0.25, 0.3) is 0 Å². The van der Waals surface area contributed by atoms with E-state index in [1.54, 1.807) is 21.0 Å². The predicted molar refractivity (Wildman–Crippen MR) is 89.1 cm³/mol. The highest BCUT2D eigenvalue weighted by Gasteiger charge is 2.15. The number of hydrogen-bond donors (Lipinski definition) is 2. The molecule has 0 bridgehead atoms. The number of ether oxygens (including phenoxy) is 2. The number of methoxy groups -OCH3 is 1. The number of halogens is 1. The highest BCUT2D eigenvalue weighted by molar-refractivity contribution is 9.10. The molecule has 1 aromatic carbocycles. The fourth-order valence-corrected chi connectivity index (χ4v) is 2.43. The first kappa shape index (κ1) is 18.3. The first-order valence-corrected chi connectivity index (χ1v) is 8.09. The molecule has 0 saturated carbocycles. The summed E-state index contributed by atoms with van der Waals surface area (Å²) in [5.74, 6) is 1.38. The minimum atomic E-state index is -0.732. The summed E-state index contributed by atoms with van der Waals surface area (Å²) in [5, 5.41) is 13.1. The molecule has 0 amide bonds. The molecule has 0 saturated heterocycles. The molecule has 0 aliphatic carbocycles. The lowest BCUT2D eigenvalue weighted by atomic mass is 10.1. The van der Waals surface area contributed by atoms with Crippen molar-refractivity contribution in [2.45, 2.75) is 45.8 Å². The van der Waals surface area contributed by atoms with Crippen molar-refractivity contribution in [1.82, 2.24) is 5.32 Å². The van der Waals surface area contributed by atoms with E-state index in [-0.39, 0.29) is 0 Å². The largest absolute Gasteiger partial charge is 0.493 e. The summed E-state index contributed by atoms with van der Waals surface area (Å²) in [6.45, 7) is 7.90. The molecule has 21 heavy (non-hydrogen) atoms. The zero-order chi connectivity index (χ0) is 15.9. The summed E-state index contributed by atoms with van der Waals surface area (Å²) in [6, 6.07) is 4.01. The molecule has 1 rings (SSSR count). The summed E-state index contributed by atoms with van der Waals surface area (Å²) in [5.41, 5.74) is 0.408. The van der Waals surface area contributed by atoms with Crippen LogP contribution in [0.2, 0.25) is 0 Å². The van der Waals surface area contributed by atoms with Crippen LogP contribution in [0.3, 0.4) is 0 Å². The van der Waals surface area contributed by atoms with Crippen molar-refractivity contribution < 1.29 is 14.6 Å². The topological polar surface area (TPSA) is 50.7 Å². The van der Waals surface area contributed by atoms with Crippen LogP contribution < -0.4 is 14.8 Å². The Bertz CT molecular complexity index is 444. The quantitative estimate of drug-likeness (QED) is 0.662. The van der Waals surface area contributed by atoms with Crippen molar-refractivity contribution in [3.8, 4) is 11.5 Å². The van der Waals surface area contributed by atoms with E-state index in [0.717, 1.165) is 29.5 Å². The number of benzene rings is 1. The molecule has 1 aromatic rings. The second kappa shape index (κ2) is 8.61. The molecule has 4 nitrogen and oxygen atoms in total. The third-order valence-electron chi connectivity index (χ3n) is 3.01. The molecule has 0 aromatic heterocycles. The van der Waals surface area contributed by atoms with E-state index < -0.39 is 5.60 Å². The van der Waals surface area contributed by atoms with E-state index in [2.05, 4.69) is 28.2 Å². The molecule has 0 atom stereocenters. The summed E-state index contributed by atoms with van der Waals surface area (Å²) >= 11 is 3.53. The SMILES string of the molecule is CCCNCc1cc(Br)c(OCCC(C)(C)O)c(OC)c1. The summed E-state index contributed by atoms with van der Waals surface area (Å²) in [6.07, 6.45) is 1.67. The third-order valence-corrected chi connectivity index (χ3v) is 3.59. The Balaban J connectivity index is 2.75. The lowest BCUT2D eigenvalue weighted by Gasteiger charge is -2.19. The average Bonchev–Trinajstić information content (AvgIpc) is 2.39. The van der Waals surface area contributed by atoms with Crippen LogP contribution in [0.15, 0.2) is 16.6 Å². The van der Waals surface area contributed by atoms with Gasteiger partial charge >= 0.3 is 0 Å². The van der Waals surface area contributed by atoms with Crippen molar-refractivity contribution in [3.63, 3.8) is 0 Å². The van der Waals surface area contributed by atoms with Gasteiger partial charge in [0.05, 0.1) is 23.8 Å². The number of rotatable bonds is 9. The van der Waals surface area contributed by atoms with Crippen molar-refractivity contribution in [3.05, 3.63) is 22.2 Å². The van der Waals surface area contributed by atoms with Gasteiger partial charge in [0, 0.05) is 13.0 Å². The maximum atomic E-state index is 9.72. The van der Waals surface area contributed by atoms with Crippen molar-refractivity contribution in [2.24, 2.45) is 0 Å². The minimum Gasteiger partial charge on any atom is -0.493 e. The van der Waals surface area contributed by atoms with Gasteiger partial charge in [-0.25, -0.2) is 0 Å². The normalized spacial score (nSPS) is 11.5. The van der Waals surface area contributed by atoms with Crippen LogP contribution in [0, 0.1) is 0 Å². The Kier molecular flexibility index (Phi) is 7.49. The van der Waals surface area contributed by atoms with Crippen LogP contribution in [-0.4, -0.2) is 31.0 Å². The highest BCUT2D eigenvalue weighted by atomic mass is 79.9. The van der Waals surface area contributed by atoms with E-state index in [9.17, 15) is 5.11 Å². The Hall–Kier alpha value is -0.780. The first-order chi connectivity index (χ1) is 9.87. The summed E-state index contributed by atoms with van der Waals surface area (Å²) in [4.78, 5) is 0. The second-order valence-electron chi connectivity index (χ2n) is 5.70. The summed E-state index contributed by atoms with van der Waals surface area (Å²) < 4.78 is 12.0. The number of nitrogens with one attached hydrogen (secondary N) is 1. The maximum Gasteiger partial charge on any atom is 0.175 e. The Morgan fingerprint density at radius 3 is 2.62 bits per heavy atom. The number of hydrogen-bond acceptors (Lipinski definition) is 4. The molecule has 0 unspecified atom stereocenters. The van der Waals surface area contributed by atoms with Crippen LogP contribution in [0.5, 0.6) is 11.5 Å². The molecule has 2 N–H and O–H groups in total. The van der Waals surface area contributed by atoms with Gasteiger partial charge in [0.1, 0.15) is 0 Å². The molecule has 120 valence electrons. The summed E-state index contributed by atoms with van der Waals surface area (Å²) in [7, 11) is 1.63. The van der Waals surface area contributed by atoms with E-state index >= 15 is 0 Å². The van der Waals surface area contributed by atoms with Crippen molar-refractivity contribution >= 4 is 15.9 Å². The van der Waals surface area contributed by atoms with Gasteiger partial charge < -0.3 is 19.9 Å². The molecule has 5 heteroatoms. The Morgan fingerprint density at radius 2 is 2.05 bits per heavy atom. The predicted octanol–water partition coefficient (Wildman–Crippen LogP) is 3.50. The molecule has 0 spiro atoms. The molecule has 0 fully saturated rings. The van der Waals surface area contributed by atoms with Gasteiger partial charge in [-0.05, 0) is 60.4 Å². The van der Waals surface area contributed by atoms with Gasteiger partial charge in [-0.15, -0.1) is 0 Å². The number of aliphatic hydroxyl groups is 1. The van der Waals surface area contributed by atoms with E-state index in [1.807, 2.05) is 12.1 Å². The lowest BCUT2D eigenvalue weighted by Crippen LogP contribution is -2.22. The zero-order valence-corrected chi connectivity index (χ0v) is 14.9. The van der Waals surface area contributed by atoms with E-state index in [4.69, 9.17) is 9.47 Å². The zero-order valence-electron chi connectivity index (χ0n) is 13.3. The van der Waals surface area contributed by atoms with E-state index in [1.165, 1.54) is 0 Å². The molecule has 0 aliphatic rings. The van der Waals surface area contributed by atoms with Crippen LogP contribution in [-0.2, 0) is 6.54 Å². The van der Waals surface area contributed by atoms with Gasteiger partial charge in [-0.3, -0.25) is 0 Å². The van der Waals surface area contributed by atoms with Crippen LogP contribution >= 0.6 is 15.9 Å². The highest BCUT2D eigenvalue weighted by Crippen LogP contribution is 2.37. The molecular formula is C16H26BrNO3. The molecular weight excluding hydrogens is 334 g/mol. The van der Waals surface area contributed by atoms with Crippen LogP contribution in [0.1, 0.15) is 39.2 Å². The Labute approximate surface area is 136 Å². The van der Waals surface area contributed by atoms with Gasteiger partial charge in [0.15, 0.2) is 11.5 Å². The minimum absolute atomic E-state index is 0.436. The average molecular weight is 360 g/mol. The van der Waals surface area contributed by atoms with E-state index in [0.29, 0.717) is 24.5 Å². The monoisotopic (exact) mass is 359 g/mol. The Morgan fingerprint density at radius 1 is 1.33 bits per heavy atom. The van der Waals surface area contributed by atoms with Gasteiger partial charge in [0.2, 0.25) is 0 Å². The van der Waals surface area contributed by atoms with Gasteiger partial charge in [-0.2, -0.15) is 0 Å². The first-order valence-electron chi connectivity index (χ1n) is 7.29. The second-order valence-corrected chi connectivity index (χ2v) is 6.55. The van der Waals surface area contributed by atoms with Crippen LogP contribution in [0.4, 0.5) is 0 Å². The smallest absolute Gasteiger partial charge is 0.175 e. The molecule has 0 heterocycles. The van der Waals surface area contributed by atoms with Gasteiger partial charge in [0.25, 0.3) is 0 Å². The molecule has 0 radical (unpaired) electrons. The fraction of sp³-hybridized carbons (Fsp3) is 0.625.